The Hall–Kier alpha value is -2.19. The number of amides is 2. The molecule has 2 amide bonds. The monoisotopic (exact) mass is 420 g/mol. The Morgan fingerprint density at radius 2 is 1.93 bits per heavy atom. The van der Waals surface area contributed by atoms with Gasteiger partial charge in [0.15, 0.2) is 9.84 Å². The highest BCUT2D eigenvalue weighted by molar-refractivity contribution is 7.91. The minimum atomic E-state index is -3.33. The molecule has 2 heterocycles. The molecule has 6 nitrogen and oxygen atoms in total. The quantitative estimate of drug-likeness (QED) is 0.698. The van der Waals surface area contributed by atoms with Gasteiger partial charge in [-0.2, -0.15) is 0 Å². The van der Waals surface area contributed by atoms with Gasteiger partial charge in [-0.25, -0.2) is 8.42 Å². The number of hydrogen-bond acceptors (Lipinski definition) is 5. The van der Waals surface area contributed by atoms with E-state index >= 15 is 0 Å². The van der Waals surface area contributed by atoms with Crippen LogP contribution >= 0.6 is 11.3 Å². The molecule has 1 unspecified atom stereocenters. The third kappa shape index (κ3) is 5.20. The van der Waals surface area contributed by atoms with Crippen molar-refractivity contribution in [3.05, 3.63) is 52.7 Å². The van der Waals surface area contributed by atoms with Gasteiger partial charge >= 0.3 is 0 Å². The third-order valence-corrected chi connectivity index (χ3v) is 7.48. The Labute approximate surface area is 169 Å². The van der Waals surface area contributed by atoms with E-state index in [2.05, 4.69) is 5.32 Å². The fourth-order valence-corrected chi connectivity index (χ4v) is 5.32. The first kappa shape index (κ1) is 20.5. The number of sulfone groups is 1. The number of piperidine rings is 1. The van der Waals surface area contributed by atoms with Crippen molar-refractivity contribution in [2.75, 3.05) is 25.4 Å². The Morgan fingerprint density at radius 1 is 1.14 bits per heavy atom. The van der Waals surface area contributed by atoms with Gasteiger partial charge in [-0.1, -0.05) is 24.3 Å². The molecule has 1 atom stereocenters. The summed E-state index contributed by atoms with van der Waals surface area (Å²) in [5.41, 5.74) is 0. The first-order chi connectivity index (χ1) is 13.5. The molecular weight excluding hydrogens is 396 g/mol. The highest BCUT2D eigenvalue weighted by Gasteiger charge is 2.29. The van der Waals surface area contributed by atoms with E-state index in [1.165, 1.54) is 11.3 Å². The predicted octanol–water partition coefficient (Wildman–Crippen LogP) is 2.58. The number of likely N-dealkylation sites (tertiary alicyclic amines) is 1. The average Bonchev–Trinajstić information content (AvgIpc) is 3.26. The summed E-state index contributed by atoms with van der Waals surface area (Å²) in [7, 11) is -3.33. The van der Waals surface area contributed by atoms with Crippen LogP contribution in [0.2, 0.25) is 0 Å². The molecule has 28 heavy (non-hydrogen) atoms. The van der Waals surface area contributed by atoms with Gasteiger partial charge < -0.3 is 10.2 Å². The summed E-state index contributed by atoms with van der Waals surface area (Å²) in [4.78, 5) is 27.6. The molecular formula is C20H24N2O4S2. The Bertz CT molecular complexity index is 896. The molecule has 1 N–H and O–H groups in total. The zero-order chi connectivity index (χ0) is 20.0. The summed E-state index contributed by atoms with van der Waals surface area (Å²) in [5.74, 6) is -0.393. The molecule has 1 aliphatic rings. The number of rotatable bonds is 7. The Morgan fingerprint density at radius 3 is 2.64 bits per heavy atom. The van der Waals surface area contributed by atoms with Gasteiger partial charge in [0.1, 0.15) is 0 Å². The van der Waals surface area contributed by atoms with Crippen LogP contribution in [0, 0.1) is 5.92 Å². The summed E-state index contributed by atoms with van der Waals surface area (Å²) < 4.78 is 24.5. The number of benzene rings is 1. The lowest BCUT2D eigenvalue weighted by Crippen LogP contribution is -2.45. The molecule has 1 saturated heterocycles. The Kier molecular flexibility index (Phi) is 6.85. The minimum Gasteiger partial charge on any atom is -0.356 e. The summed E-state index contributed by atoms with van der Waals surface area (Å²) in [6.07, 6.45) is 1.88. The highest BCUT2D eigenvalue weighted by atomic mass is 32.2. The molecule has 1 fully saturated rings. The number of carbonyl (C=O) groups is 2. The fourth-order valence-electron chi connectivity index (χ4n) is 3.30. The van der Waals surface area contributed by atoms with E-state index in [1.807, 2.05) is 11.4 Å². The van der Waals surface area contributed by atoms with Crippen molar-refractivity contribution in [2.45, 2.75) is 24.2 Å². The second-order valence-electron chi connectivity index (χ2n) is 6.84. The second kappa shape index (κ2) is 9.34. The van der Waals surface area contributed by atoms with Gasteiger partial charge in [-0.05, 0) is 42.8 Å². The van der Waals surface area contributed by atoms with Crippen LogP contribution in [0.4, 0.5) is 0 Å². The summed E-state index contributed by atoms with van der Waals surface area (Å²) in [6, 6.07) is 12.0. The SMILES string of the molecule is O=C(NCCCS(=O)(=O)c1ccccc1)C1CCCN(C(=O)c2cccs2)C1. The van der Waals surface area contributed by atoms with Crippen LogP contribution in [0.3, 0.4) is 0 Å². The average molecular weight is 421 g/mol. The Balaban J connectivity index is 1.45. The van der Waals surface area contributed by atoms with Gasteiger partial charge in [0.25, 0.3) is 5.91 Å². The summed E-state index contributed by atoms with van der Waals surface area (Å²) in [5, 5.41) is 4.70. The fraction of sp³-hybridized carbons (Fsp3) is 0.400. The number of nitrogens with one attached hydrogen (secondary N) is 1. The normalized spacial score (nSPS) is 17.3. The van der Waals surface area contributed by atoms with Crippen LogP contribution in [0.5, 0.6) is 0 Å². The topological polar surface area (TPSA) is 83.6 Å². The maximum Gasteiger partial charge on any atom is 0.263 e. The van der Waals surface area contributed by atoms with Gasteiger partial charge in [0, 0.05) is 19.6 Å². The number of carbonyl (C=O) groups excluding carboxylic acids is 2. The van der Waals surface area contributed by atoms with Crippen molar-refractivity contribution in [3.8, 4) is 0 Å². The standard InChI is InChI=1S/C20H24N2O4S2/c23-19(21-11-6-14-28(25,26)17-8-2-1-3-9-17)16-7-4-12-22(15-16)20(24)18-10-5-13-27-18/h1-3,5,8-10,13,16H,4,6-7,11-12,14-15H2,(H,21,23). The number of nitrogens with zero attached hydrogens (tertiary/aromatic N) is 1. The van der Waals surface area contributed by atoms with Crippen molar-refractivity contribution >= 4 is 33.0 Å². The largest absolute Gasteiger partial charge is 0.356 e. The highest BCUT2D eigenvalue weighted by Crippen LogP contribution is 2.20. The van der Waals surface area contributed by atoms with Crippen LogP contribution in [-0.4, -0.2) is 50.5 Å². The van der Waals surface area contributed by atoms with E-state index in [0.717, 1.165) is 12.8 Å². The van der Waals surface area contributed by atoms with E-state index in [-0.39, 0.29) is 23.5 Å². The number of hydrogen-bond donors (Lipinski definition) is 1. The minimum absolute atomic E-state index is 0.00898. The maximum absolute atomic E-state index is 12.5. The van der Waals surface area contributed by atoms with Gasteiger partial charge in [-0.3, -0.25) is 9.59 Å². The molecule has 1 aliphatic heterocycles. The van der Waals surface area contributed by atoms with Crippen LogP contribution in [0.1, 0.15) is 28.9 Å². The van der Waals surface area contributed by atoms with E-state index in [1.54, 1.807) is 41.3 Å². The molecule has 1 aromatic carbocycles. The molecule has 8 heteroatoms. The molecule has 0 aliphatic carbocycles. The molecule has 0 saturated carbocycles. The van der Waals surface area contributed by atoms with Gasteiger partial charge in [0.05, 0.1) is 21.4 Å². The molecule has 3 rings (SSSR count). The molecule has 150 valence electrons. The van der Waals surface area contributed by atoms with Crippen molar-refractivity contribution < 1.29 is 18.0 Å². The third-order valence-electron chi connectivity index (χ3n) is 4.80. The predicted molar refractivity (Wildman–Crippen MR) is 109 cm³/mol. The van der Waals surface area contributed by atoms with Crippen LogP contribution < -0.4 is 5.32 Å². The molecule has 0 spiro atoms. The van der Waals surface area contributed by atoms with Crippen molar-refractivity contribution in [3.63, 3.8) is 0 Å². The van der Waals surface area contributed by atoms with Gasteiger partial charge in [0.2, 0.25) is 5.91 Å². The molecule has 1 aromatic heterocycles. The second-order valence-corrected chi connectivity index (χ2v) is 9.90. The van der Waals surface area contributed by atoms with E-state index in [0.29, 0.717) is 35.8 Å². The number of thiophene rings is 1. The lowest BCUT2D eigenvalue weighted by atomic mass is 9.97. The molecule has 2 aromatic rings. The summed E-state index contributed by atoms with van der Waals surface area (Å²) >= 11 is 1.40. The molecule has 0 bridgehead atoms. The van der Waals surface area contributed by atoms with E-state index < -0.39 is 9.84 Å². The first-order valence-corrected chi connectivity index (χ1v) is 11.9. The van der Waals surface area contributed by atoms with Crippen LogP contribution in [0.15, 0.2) is 52.7 Å². The lowest BCUT2D eigenvalue weighted by molar-refractivity contribution is -0.126. The lowest BCUT2D eigenvalue weighted by Gasteiger charge is -2.31. The van der Waals surface area contributed by atoms with Crippen molar-refractivity contribution in [1.29, 1.82) is 0 Å². The summed E-state index contributed by atoms with van der Waals surface area (Å²) in [6.45, 7) is 1.38. The maximum atomic E-state index is 12.5. The first-order valence-electron chi connectivity index (χ1n) is 9.36. The zero-order valence-electron chi connectivity index (χ0n) is 15.5. The van der Waals surface area contributed by atoms with Gasteiger partial charge in [-0.15, -0.1) is 11.3 Å². The van der Waals surface area contributed by atoms with Crippen LogP contribution in [-0.2, 0) is 14.6 Å². The van der Waals surface area contributed by atoms with Crippen molar-refractivity contribution in [1.82, 2.24) is 10.2 Å². The van der Waals surface area contributed by atoms with E-state index in [4.69, 9.17) is 0 Å². The van der Waals surface area contributed by atoms with Crippen molar-refractivity contribution in [2.24, 2.45) is 5.92 Å². The zero-order valence-corrected chi connectivity index (χ0v) is 17.2. The van der Waals surface area contributed by atoms with Crippen LogP contribution in [0.25, 0.3) is 0 Å². The van der Waals surface area contributed by atoms with E-state index in [9.17, 15) is 18.0 Å². The molecule has 0 radical (unpaired) electrons. The smallest absolute Gasteiger partial charge is 0.263 e.